The Kier molecular flexibility index (Phi) is 8.85. The third-order valence-corrected chi connectivity index (χ3v) is 5.25. The average molecular weight is 427 g/mol. The second-order valence-electron chi connectivity index (χ2n) is 6.74. The summed E-state index contributed by atoms with van der Waals surface area (Å²) in [5, 5.41) is 0. The van der Waals surface area contributed by atoms with Crippen LogP contribution in [0.1, 0.15) is 59.1 Å². The van der Waals surface area contributed by atoms with E-state index in [1.165, 1.54) is 64.2 Å². The minimum absolute atomic E-state index is 0. The summed E-state index contributed by atoms with van der Waals surface area (Å²) >= 11 is 0. The molecule has 0 bridgehead atoms. The Bertz CT molecular complexity index is 508. The Balaban J connectivity index is 0.000000882. The summed E-state index contributed by atoms with van der Waals surface area (Å²) in [7, 11) is 0. The molecule has 3 heteroatoms. The van der Waals surface area contributed by atoms with E-state index < -0.39 is 0 Å². The molecule has 0 N–H and O–H groups in total. The van der Waals surface area contributed by atoms with Crippen molar-refractivity contribution in [2.45, 2.75) is 64.2 Å². The largest absolute Gasteiger partial charge is 2.00 e. The summed E-state index contributed by atoms with van der Waals surface area (Å²) in [5.74, 6) is 0. The van der Waals surface area contributed by atoms with E-state index in [0.717, 1.165) is 0 Å². The molecule has 124 valence electrons. The number of halogens is 2. The van der Waals surface area contributed by atoms with Gasteiger partial charge in [-0.3, -0.25) is 0 Å². The van der Waals surface area contributed by atoms with Gasteiger partial charge in [0, 0.05) is 0 Å². The Labute approximate surface area is 172 Å². The first-order valence-electron chi connectivity index (χ1n) is 8.43. The fraction of sp³-hybridized carbons (Fsp3) is 0.500. The Morgan fingerprint density at radius 2 is 1.04 bits per heavy atom. The van der Waals surface area contributed by atoms with Crippen molar-refractivity contribution in [2.75, 3.05) is 0 Å². The molecule has 0 radical (unpaired) electrons. The smallest absolute Gasteiger partial charge is 1.00 e. The Morgan fingerprint density at radius 1 is 0.652 bits per heavy atom. The molecular formula is C20H24Cl2Zr-2. The topological polar surface area (TPSA) is 0 Å². The quantitative estimate of drug-likeness (QED) is 0.534. The van der Waals surface area contributed by atoms with E-state index in [1.54, 1.807) is 33.4 Å². The van der Waals surface area contributed by atoms with Gasteiger partial charge in [-0.25, -0.2) is 12.1 Å². The van der Waals surface area contributed by atoms with E-state index in [2.05, 4.69) is 24.3 Å². The van der Waals surface area contributed by atoms with Crippen molar-refractivity contribution in [3.63, 3.8) is 0 Å². The second kappa shape index (κ2) is 9.60. The van der Waals surface area contributed by atoms with Crippen molar-refractivity contribution in [2.24, 2.45) is 0 Å². The molecule has 2 aromatic carbocycles. The molecule has 0 aromatic heterocycles. The zero-order chi connectivity index (χ0) is 13.4. The summed E-state index contributed by atoms with van der Waals surface area (Å²) in [4.78, 5) is 0. The molecule has 0 spiro atoms. The number of aryl methyl sites for hydroxylation is 6. The van der Waals surface area contributed by atoms with E-state index in [0.29, 0.717) is 0 Å². The summed E-state index contributed by atoms with van der Waals surface area (Å²) in [6.45, 7) is 0. The molecule has 4 rings (SSSR count). The molecule has 0 saturated carbocycles. The molecule has 2 aliphatic rings. The van der Waals surface area contributed by atoms with Crippen molar-refractivity contribution in [3.8, 4) is 0 Å². The summed E-state index contributed by atoms with van der Waals surface area (Å²) in [6.07, 6.45) is 13.3. The van der Waals surface area contributed by atoms with Gasteiger partial charge in [0.15, 0.2) is 0 Å². The first-order chi connectivity index (χ1) is 9.88. The molecule has 23 heavy (non-hydrogen) atoms. The van der Waals surface area contributed by atoms with Gasteiger partial charge in [0.05, 0.1) is 0 Å². The van der Waals surface area contributed by atoms with Crippen LogP contribution in [0.2, 0.25) is 0 Å². The van der Waals surface area contributed by atoms with Gasteiger partial charge in [-0.15, -0.1) is 0 Å². The van der Waals surface area contributed by atoms with Crippen molar-refractivity contribution < 1.29 is 51.0 Å². The molecule has 0 nitrogen and oxygen atoms in total. The molecule has 0 fully saturated rings. The first kappa shape index (κ1) is 21.2. The van der Waals surface area contributed by atoms with Crippen LogP contribution in [0, 0.1) is 0 Å². The van der Waals surface area contributed by atoms with Gasteiger partial charge in [-0.2, -0.15) is 45.5 Å². The number of hydrogen-bond acceptors (Lipinski definition) is 0. The van der Waals surface area contributed by atoms with Crippen LogP contribution in [0.3, 0.4) is 0 Å². The molecule has 0 amide bonds. The van der Waals surface area contributed by atoms with E-state index in [9.17, 15) is 0 Å². The Morgan fingerprint density at radius 3 is 1.43 bits per heavy atom. The second-order valence-corrected chi connectivity index (χ2v) is 6.74. The molecule has 2 aromatic rings. The molecule has 0 atom stereocenters. The van der Waals surface area contributed by atoms with Gasteiger partial charge in [0.25, 0.3) is 0 Å². The normalized spacial score (nSPS) is 15.5. The van der Waals surface area contributed by atoms with E-state index in [4.69, 9.17) is 0 Å². The Hall–Kier alpha value is 0.163. The number of fused-ring (bicyclic) bond motifs is 2. The van der Waals surface area contributed by atoms with Crippen molar-refractivity contribution in [1.82, 2.24) is 0 Å². The van der Waals surface area contributed by atoms with Gasteiger partial charge >= 0.3 is 26.2 Å². The van der Waals surface area contributed by atoms with Gasteiger partial charge in [0.2, 0.25) is 0 Å². The number of rotatable bonds is 3. The SMILES string of the molecule is [Cl-].[Cl-].[Zr+2].c1c(CCc2cc3c([cH-]2)CCCC3)[cH-]c2c1CCCC2. The summed E-state index contributed by atoms with van der Waals surface area (Å²) < 4.78 is 0. The minimum Gasteiger partial charge on any atom is -1.00 e. The third kappa shape index (κ3) is 4.84. The van der Waals surface area contributed by atoms with Crippen molar-refractivity contribution in [3.05, 3.63) is 57.6 Å². The fourth-order valence-electron chi connectivity index (χ4n) is 4.12. The van der Waals surface area contributed by atoms with E-state index in [1.807, 2.05) is 0 Å². The molecule has 0 unspecified atom stereocenters. The van der Waals surface area contributed by atoms with Crippen LogP contribution in [-0.4, -0.2) is 0 Å². The maximum absolute atomic E-state index is 2.48. The zero-order valence-electron chi connectivity index (χ0n) is 13.6. The summed E-state index contributed by atoms with van der Waals surface area (Å²) in [5.41, 5.74) is 9.74. The maximum atomic E-state index is 2.48. The standard InChI is InChI=1S/C20H24.2ClH.Zr/c1-2-6-18-12-15(11-17(18)5-1)9-10-16-13-19-7-3-4-8-20(19)14-16;;;/h11-14H,1-10H2;2*1H;/q-2;;;+2/p-2. The summed E-state index contributed by atoms with van der Waals surface area (Å²) in [6, 6.07) is 9.93. The fourth-order valence-corrected chi connectivity index (χ4v) is 4.12. The molecule has 0 saturated heterocycles. The monoisotopic (exact) mass is 424 g/mol. The van der Waals surface area contributed by atoms with E-state index >= 15 is 0 Å². The van der Waals surface area contributed by atoms with Gasteiger partial charge in [-0.1, -0.05) is 51.4 Å². The van der Waals surface area contributed by atoms with Crippen LogP contribution in [0.25, 0.3) is 0 Å². The molecule has 2 aliphatic carbocycles. The van der Waals surface area contributed by atoms with Gasteiger partial charge in [-0.05, 0) is 12.8 Å². The van der Waals surface area contributed by atoms with Crippen molar-refractivity contribution in [1.29, 1.82) is 0 Å². The molecule has 0 heterocycles. The van der Waals surface area contributed by atoms with Crippen LogP contribution in [0.15, 0.2) is 24.3 Å². The van der Waals surface area contributed by atoms with Crippen molar-refractivity contribution >= 4 is 0 Å². The predicted molar refractivity (Wildman–Crippen MR) is 84.8 cm³/mol. The van der Waals surface area contributed by atoms with Crippen LogP contribution in [-0.2, 0) is 64.7 Å². The average Bonchev–Trinajstić information content (AvgIpc) is 3.07. The maximum Gasteiger partial charge on any atom is 2.00 e. The van der Waals surface area contributed by atoms with Crippen LogP contribution >= 0.6 is 0 Å². The first-order valence-corrected chi connectivity index (χ1v) is 8.43. The van der Waals surface area contributed by atoms with E-state index in [-0.39, 0.29) is 51.0 Å². The van der Waals surface area contributed by atoms with Gasteiger partial charge in [0.1, 0.15) is 0 Å². The van der Waals surface area contributed by atoms with Crippen LogP contribution in [0.5, 0.6) is 0 Å². The zero-order valence-corrected chi connectivity index (χ0v) is 17.6. The third-order valence-electron chi connectivity index (χ3n) is 5.25. The molecule has 0 aliphatic heterocycles. The minimum atomic E-state index is 0. The molecular weight excluding hydrogens is 402 g/mol. The van der Waals surface area contributed by atoms with Gasteiger partial charge < -0.3 is 24.8 Å². The van der Waals surface area contributed by atoms with Crippen LogP contribution in [0.4, 0.5) is 0 Å². The predicted octanol–water partition coefficient (Wildman–Crippen LogP) is -1.33. The number of hydrogen-bond donors (Lipinski definition) is 0. The van der Waals surface area contributed by atoms with Crippen LogP contribution < -0.4 is 24.8 Å².